The molecule has 0 aromatic heterocycles. The highest BCUT2D eigenvalue weighted by Crippen LogP contribution is 2.32. The average molecular weight is 200 g/mol. The Morgan fingerprint density at radius 1 is 1.50 bits per heavy atom. The van der Waals surface area contributed by atoms with E-state index in [4.69, 9.17) is 4.74 Å². The van der Waals surface area contributed by atoms with Crippen LogP contribution in [0.5, 0.6) is 0 Å². The normalized spacial score (nSPS) is 34.2. The minimum atomic E-state index is -1.00. The zero-order chi connectivity index (χ0) is 11.0. The maximum atomic E-state index is 12.1. The van der Waals surface area contributed by atoms with E-state index in [9.17, 15) is 9.90 Å². The molecule has 0 saturated carbocycles. The van der Waals surface area contributed by atoms with Gasteiger partial charge in [-0.1, -0.05) is 20.8 Å². The van der Waals surface area contributed by atoms with Gasteiger partial charge in [-0.3, -0.25) is 4.79 Å². The molecule has 82 valence electrons. The van der Waals surface area contributed by atoms with Crippen LogP contribution in [0.15, 0.2) is 0 Å². The maximum Gasteiger partial charge on any atom is 0.172 e. The highest BCUT2D eigenvalue weighted by atomic mass is 16.5. The lowest BCUT2D eigenvalue weighted by Crippen LogP contribution is -2.55. The molecule has 0 aromatic rings. The maximum absolute atomic E-state index is 12.1. The van der Waals surface area contributed by atoms with Crippen LogP contribution in [-0.4, -0.2) is 29.2 Å². The van der Waals surface area contributed by atoms with Crippen LogP contribution < -0.4 is 0 Å². The Kier molecular flexibility index (Phi) is 3.02. The Bertz CT molecular complexity index is 229. The van der Waals surface area contributed by atoms with Gasteiger partial charge in [0.1, 0.15) is 5.60 Å². The highest BCUT2D eigenvalue weighted by molar-refractivity contribution is 5.92. The summed E-state index contributed by atoms with van der Waals surface area (Å²) in [6, 6.07) is 0. The van der Waals surface area contributed by atoms with Crippen molar-refractivity contribution in [3.63, 3.8) is 0 Å². The van der Waals surface area contributed by atoms with E-state index in [0.717, 1.165) is 6.42 Å². The summed E-state index contributed by atoms with van der Waals surface area (Å²) in [4.78, 5) is 12.1. The van der Waals surface area contributed by atoms with Gasteiger partial charge in [0.05, 0.1) is 6.10 Å². The standard InChI is InChI=1S/C11H20O3/c1-10(2,3)9(13)11(4)8(12)6-5-7-14-11/h8,12H,5-7H2,1-4H3. The fraction of sp³-hybridized carbons (Fsp3) is 0.909. The molecule has 1 fully saturated rings. The minimum Gasteiger partial charge on any atom is -0.390 e. The van der Waals surface area contributed by atoms with Gasteiger partial charge >= 0.3 is 0 Å². The SMILES string of the molecule is CC(C)(C)C(=O)C1(C)OCCCC1O. The van der Waals surface area contributed by atoms with Gasteiger partial charge in [-0.25, -0.2) is 0 Å². The van der Waals surface area contributed by atoms with Gasteiger partial charge in [-0.05, 0) is 19.8 Å². The van der Waals surface area contributed by atoms with Gasteiger partial charge in [0.15, 0.2) is 5.78 Å². The number of rotatable bonds is 1. The summed E-state index contributed by atoms with van der Waals surface area (Å²) in [5.74, 6) is -0.0165. The van der Waals surface area contributed by atoms with E-state index in [1.54, 1.807) is 6.92 Å². The summed E-state index contributed by atoms with van der Waals surface area (Å²) in [5, 5.41) is 9.82. The summed E-state index contributed by atoms with van der Waals surface area (Å²) in [6.45, 7) is 7.82. The molecule has 1 aliphatic heterocycles. The van der Waals surface area contributed by atoms with E-state index in [1.165, 1.54) is 0 Å². The smallest absolute Gasteiger partial charge is 0.172 e. The van der Waals surface area contributed by atoms with Crippen molar-refractivity contribution in [3.8, 4) is 0 Å². The zero-order valence-electron chi connectivity index (χ0n) is 9.46. The third-order valence-electron chi connectivity index (χ3n) is 2.79. The van der Waals surface area contributed by atoms with E-state index in [-0.39, 0.29) is 5.78 Å². The summed E-state index contributed by atoms with van der Waals surface area (Å²) < 4.78 is 5.47. The van der Waals surface area contributed by atoms with Gasteiger partial charge in [0, 0.05) is 12.0 Å². The Morgan fingerprint density at radius 2 is 2.07 bits per heavy atom. The first-order valence-electron chi connectivity index (χ1n) is 5.15. The van der Waals surface area contributed by atoms with Crippen LogP contribution in [0, 0.1) is 5.41 Å². The van der Waals surface area contributed by atoms with E-state index >= 15 is 0 Å². The number of hydrogen-bond donors (Lipinski definition) is 1. The monoisotopic (exact) mass is 200 g/mol. The Balaban J connectivity index is 2.87. The zero-order valence-corrected chi connectivity index (χ0v) is 9.46. The predicted octanol–water partition coefficient (Wildman–Crippen LogP) is 1.53. The lowest BCUT2D eigenvalue weighted by atomic mass is 9.76. The molecule has 0 amide bonds. The van der Waals surface area contributed by atoms with Crippen molar-refractivity contribution in [1.82, 2.24) is 0 Å². The van der Waals surface area contributed by atoms with Gasteiger partial charge in [0.2, 0.25) is 0 Å². The molecule has 2 unspecified atom stereocenters. The van der Waals surface area contributed by atoms with Crippen molar-refractivity contribution in [2.24, 2.45) is 5.41 Å². The Hall–Kier alpha value is -0.410. The molecule has 1 rings (SSSR count). The first-order chi connectivity index (χ1) is 6.28. The van der Waals surface area contributed by atoms with E-state index in [1.807, 2.05) is 20.8 Å². The summed E-state index contributed by atoms with van der Waals surface area (Å²) >= 11 is 0. The second-order valence-corrected chi connectivity index (χ2v) is 5.19. The molecule has 0 radical (unpaired) electrons. The van der Waals surface area contributed by atoms with Crippen LogP contribution in [0.25, 0.3) is 0 Å². The van der Waals surface area contributed by atoms with Crippen LogP contribution in [0.2, 0.25) is 0 Å². The molecule has 0 aromatic carbocycles. The summed E-state index contributed by atoms with van der Waals surface area (Å²) in [7, 11) is 0. The number of carbonyl (C=O) groups excluding carboxylic acids is 1. The Morgan fingerprint density at radius 3 is 2.50 bits per heavy atom. The number of Topliss-reactive ketones (excluding diaryl/α,β-unsaturated/α-hetero) is 1. The predicted molar refractivity (Wildman–Crippen MR) is 54.1 cm³/mol. The molecule has 2 atom stereocenters. The van der Waals surface area contributed by atoms with E-state index in [0.29, 0.717) is 13.0 Å². The van der Waals surface area contributed by atoms with Crippen molar-refractivity contribution in [2.45, 2.75) is 52.2 Å². The number of aliphatic hydroxyl groups is 1. The average Bonchev–Trinajstić information content (AvgIpc) is 2.07. The van der Waals surface area contributed by atoms with Crippen molar-refractivity contribution in [3.05, 3.63) is 0 Å². The van der Waals surface area contributed by atoms with Crippen molar-refractivity contribution in [2.75, 3.05) is 6.61 Å². The van der Waals surface area contributed by atoms with Gasteiger partial charge in [0.25, 0.3) is 0 Å². The molecule has 1 heterocycles. The fourth-order valence-electron chi connectivity index (χ4n) is 1.89. The van der Waals surface area contributed by atoms with Crippen molar-refractivity contribution in [1.29, 1.82) is 0 Å². The minimum absolute atomic E-state index is 0.0165. The van der Waals surface area contributed by atoms with Crippen LogP contribution in [0.3, 0.4) is 0 Å². The topological polar surface area (TPSA) is 46.5 Å². The van der Waals surface area contributed by atoms with Gasteiger partial charge in [-0.2, -0.15) is 0 Å². The number of hydrogen-bond acceptors (Lipinski definition) is 3. The fourth-order valence-corrected chi connectivity index (χ4v) is 1.89. The third kappa shape index (κ3) is 1.98. The largest absolute Gasteiger partial charge is 0.390 e. The highest BCUT2D eigenvalue weighted by Gasteiger charge is 2.47. The number of ketones is 1. The molecule has 3 heteroatoms. The molecule has 1 aliphatic rings. The van der Waals surface area contributed by atoms with Gasteiger partial charge < -0.3 is 9.84 Å². The van der Waals surface area contributed by atoms with Crippen LogP contribution in [0.4, 0.5) is 0 Å². The first kappa shape index (κ1) is 11.7. The van der Waals surface area contributed by atoms with E-state index < -0.39 is 17.1 Å². The third-order valence-corrected chi connectivity index (χ3v) is 2.79. The van der Waals surface area contributed by atoms with Crippen LogP contribution in [-0.2, 0) is 9.53 Å². The second-order valence-electron chi connectivity index (χ2n) is 5.19. The van der Waals surface area contributed by atoms with Crippen LogP contribution in [0.1, 0.15) is 40.5 Å². The quantitative estimate of drug-likeness (QED) is 0.698. The van der Waals surface area contributed by atoms with Crippen molar-refractivity contribution >= 4 is 5.78 Å². The van der Waals surface area contributed by atoms with E-state index in [2.05, 4.69) is 0 Å². The lowest BCUT2D eigenvalue weighted by molar-refractivity contribution is -0.177. The molecule has 3 nitrogen and oxygen atoms in total. The molecule has 1 saturated heterocycles. The molecule has 0 aliphatic carbocycles. The number of ether oxygens (including phenoxy) is 1. The molecule has 0 spiro atoms. The number of aliphatic hydroxyl groups excluding tert-OH is 1. The second kappa shape index (κ2) is 3.63. The number of carbonyl (C=O) groups is 1. The molecule has 1 N–H and O–H groups in total. The van der Waals surface area contributed by atoms with Crippen molar-refractivity contribution < 1.29 is 14.6 Å². The summed E-state index contributed by atoms with van der Waals surface area (Å²) in [5.41, 5.74) is -1.47. The van der Waals surface area contributed by atoms with Gasteiger partial charge in [-0.15, -0.1) is 0 Å². The molecule has 14 heavy (non-hydrogen) atoms. The Labute approximate surface area is 85.5 Å². The lowest BCUT2D eigenvalue weighted by Gasteiger charge is -2.40. The molecular formula is C11H20O3. The van der Waals surface area contributed by atoms with Crippen LogP contribution >= 0.6 is 0 Å². The molecule has 0 bridgehead atoms. The first-order valence-corrected chi connectivity index (χ1v) is 5.15. The summed E-state index contributed by atoms with van der Waals surface area (Å²) in [6.07, 6.45) is 0.815. The molecular weight excluding hydrogens is 180 g/mol.